The van der Waals surface area contributed by atoms with Crippen LogP contribution in [0.2, 0.25) is 0 Å². The number of hydrogen-bond donors (Lipinski definition) is 1. The summed E-state index contributed by atoms with van der Waals surface area (Å²) in [7, 11) is 0. The van der Waals surface area contributed by atoms with Crippen molar-refractivity contribution in [3.63, 3.8) is 0 Å². The maximum absolute atomic E-state index is 10.0. The first-order chi connectivity index (χ1) is 8.15. The number of aliphatic hydroxyl groups excluding tert-OH is 1. The third-order valence-corrected chi connectivity index (χ3v) is 4.25. The van der Waals surface area contributed by atoms with Crippen LogP contribution in [0, 0.1) is 6.92 Å². The van der Waals surface area contributed by atoms with E-state index < -0.39 is 0 Å². The van der Waals surface area contributed by atoms with Gasteiger partial charge in [-0.25, -0.2) is 4.98 Å². The predicted molar refractivity (Wildman–Crippen MR) is 74.4 cm³/mol. The van der Waals surface area contributed by atoms with E-state index in [1.807, 2.05) is 36.6 Å². The third-order valence-electron chi connectivity index (χ3n) is 2.49. The number of hydrogen-bond acceptors (Lipinski definition) is 3. The van der Waals surface area contributed by atoms with Gasteiger partial charge in [-0.1, -0.05) is 34.1 Å². The lowest BCUT2D eigenvalue weighted by atomic mass is 10.1. The summed E-state index contributed by atoms with van der Waals surface area (Å²) in [6.45, 7) is 1.97. The van der Waals surface area contributed by atoms with E-state index in [2.05, 4.69) is 20.9 Å². The fourth-order valence-corrected chi connectivity index (χ4v) is 2.98. The lowest BCUT2D eigenvalue weighted by Crippen LogP contribution is -2.14. The van der Waals surface area contributed by atoms with Crippen molar-refractivity contribution < 1.29 is 5.11 Å². The average Bonchev–Trinajstić information content (AvgIpc) is 2.67. The Hall–Kier alpha value is -0.710. The topological polar surface area (TPSA) is 33.1 Å². The van der Waals surface area contributed by atoms with Crippen LogP contribution in [0.5, 0.6) is 0 Å². The lowest BCUT2D eigenvalue weighted by molar-refractivity contribution is 0.175. The number of aliphatic hydroxyl groups is 1. The number of aromatic nitrogens is 1. The fourth-order valence-electron chi connectivity index (χ4n) is 1.69. The van der Waals surface area contributed by atoms with Crippen LogP contribution in [0.25, 0.3) is 0 Å². The van der Waals surface area contributed by atoms with Gasteiger partial charge in [0.15, 0.2) is 0 Å². The molecule has 0 aliphatic carbocycles. The van der Waals surface area contributed by atoms with Crippen LogP contribution in [0.15, 0.2) is 34.1 Å². The molecule has 1 unspecified atom stereocenters. The molecule has 0 spiro atoms. The number of rotatable bonds is 4. The number of aryl methyl sites for hydroxylation is 1. The van der Waals surface area contributed by atoms with Gasteiger partial charge in [-0.15, -0.1) is 11.3 Å². The third kappa shape index (κ3) is 3.63. The summed E-state index contributed by atoms with van der Waals surface area (Å²) < 4.78 is 1.05. The van der Waals surface area contributed by atoms with Gasteiger partial charge < -0.3 is 5.11 Å². The highest BCUT2D eigenvalue weighted by atomic mass is 79.9. The van der Waals surface area contributed by atoms with E-state index in [1.54, 1.807) is 11.3 Å². The fraction of sp³-hybridized carbons (Fsp3) is 0.308. The Balaban J connectivity index is 1.98. The molecule has 1 N–H and O–H groups in total. The molecule has 4 heteroatoms. The zero-order chi connectivity index (χ0) is 12.3. The molecular formula is C13H14BrNOS. The minimum Gasteiger partial charge on any atom is -0.392 e. The van der Waals surface area contributed by atoms with Gasteiger partial charge in [-0.2, -0.15) is 0 Å². The number of halogens is 1. The van der Waals surface area contributed by atoms with Crippen LogP contribution in [-0.4, -0.2) is 16.2 Å². The van der Waals surface area contributed by atoms with Crippen molar-refractivity contribution in [2.75, 3.05) is 0 Å². The number of thiazole rings is 1. The van der Waals surface area contributed by atoms with E-state index in [1.165, 1.54) is 0 Å². The maximum Gasteiger partial charge on any atom is 0.0954 e. The Morgan fingerprint density at radius 1 is 1.35 bits per heavy atom. The zero-order valence-corrected chi connectivity index (χ0v) is 12.0. The quantitative estimate of drug-likeness (QED) is 0.939. The second kappa shape index (κ2) is 5.76. The molecule has 0 saturated carbocycles. The Bertz CT molecular complexity index is 498. The van der Waals surface area contributed by atoms with Crippen LogP contribution in [0.3, 0.4) is 0 Å². The molecule has 1 atom stereocenters. The first-order valence-corrected chi connectivity index (χ1v) is 7.15. The highest BCUT2D eigenvalue weighted by Crippen LogP contribution is 2.19. The van der Waals surface area contributed by atoms with Gasteiger partial charge in [0.2, 0.25) is 0 Å². The standard InChI is InChI=1S/C13H14BrNOS/c1-9-8-17-13(15-9)7-11(16)6-10-4-2-3-5-12(10)14/h2-5,8,11,16H,6-7H2,1H3. The summed E-state index contributed by atoms with van der Waals surface area (Å²) >= 11 is 5.10. The average molecular weight is 312 g/mol. The molecule has 90 valence electrons. The number of nitrogens with zero attached hydrogens (tertiary/aromatic N) is 1. The van der Waals surface area contributed by atoms with Gasteiger partial charge in [0, 0.05) is 22.0 Å². The molecule has 0 saturated heterocycles. The van der Waals surface area contributed by atoms with Crippen LogP contribution in [0.1, 0.15) is 16.3 Å². The van der Waals surface area contributed by atoms with E-state index in [0.29, 0.717) is 12.8 Å². The molecule has 0 aliphatic heterocycles. The van der Waals surface area contributed by atoms with Crippen molar-refractivity contribution in [1.29, 1.82) is 0 Å². The van der Waals surface area contributed by atoms with E-state index in [0.717, 1.165) is 20.7 Å². The largest absolute Gasteiger partial charge is 0.392 e. The molecule has 17 heavy (non-hydrogen) atoms. The van der Waals surface area contributed by atoms with Crippen molar-refractivity contribution in [3.05, 3.63) is 50.4 Å². The van der Waals surface area contributed by atoms with Gasteiger partial charge in [0.1, 0.15) is 0 Å². The van der Waals surface area contributed by atoms with Crippen LogP contribution in [0.4, 0.5) is 0 Å². The molecule has 0 aliphatic rings. The normalized spacial score (nSPS) is 12.6. The highest BCUT2D eigenvalue weighted by Gasteiger charge is 2.10. The van der Waals surface area contributed by atoms with E-state index in [9.17, 15) is 5.11 Å². The van der Waals surface area contributed by atoms with Crippen molar-refractivity contribution in [3.8, 4) is 0 Å². The Morgan fingerprint density at radius 3 is 2.76 bits per heavy atom. The van der Waals surface area contributed by atoms with E-state index in [-0.39, 0.29) is 6.10 Å². The molecule has 0 radical (unpaired) electrons. The molecule has 2 aromatic rings. The molecule has 0 bridgehead atoms. The summed E-state index contributed by atoms with van der Waals surface area (Å²) in [6, 6.07) is 7.99. The molecule has 2 rings (SSSR count). The van der Waals surface area contributed by atoms with Gasteiger partial charge in [0.25, 0.3) is 0 Å². The second-order valence-corrected chi connectivity index (χ2v) is 5.83. The molecule has 1 heterocycles. The molecular weight excluding hydrogens is 298 g/mol. The molecule has 2 nitrogen and oxygen atoms in total. The van der Waals surface area contributed by atoms with Gasteiger partial charge >= 0.3 is 0 Å². The molecule has 1 aromatic carbocycles. The first kappa shape index (κ1) is 12.7. The van der Waals surface area contributed by atoms with Crippen molar-refractivity contribution >= 4 is 27.3 Å². The van der Waals surface area contributed by atoms with Crippen LogP contribution >= 0.6 is 27.3 Å². The highest BCUT2D eigenvalue weighted by molar-refractivity contribution is 9.10. The van der Waals surface area contributed by atoms with Gasteiger partial charge in [0.05, 0.1) is 11.1 Å². The van der Waals surface area contributed by atoms with Gasteiger partial charge in [-0.3, -0.25) is 0 Å². The maximum atomic E-state index is 10.0. The number of benzene rings is 1. The minimum atomic E-state index is -0.376. The van der Waals surface area contributed by atoms with Crippen LogP contribution in [-0.2, 0) is 12.8 Å². The minimum absolute atomic E-state index is 0.376. The zero-order valence-electron chi connectivity index (χ0n) is 9.56. The predicted octanol–water partition coefficient (Wildman–Crippen LogP) is 3.36. The Morgan fingerprint density at radius 2 is 2.12 bits per heavy atom. The molecule has 0 fully saturated rings. The summed E-state index contributed by atoms with van der Waals surface area (Å²) in [6.07, 6.45) is 0.902. The summed E-state index contributed by atoms with van der Waals surface area (Å²) in [5.41, 5.74) is 2.16. The van der Waals surface area contributed by atoms with Crippen molar-refractivity contribution in [2.24, 2.45) is 0 Å². The monoisotopic (exact) mass is 311 g/mol. The molecule has 1 aromatic heterocycles. The van der Waals surface area contributed by atoms with Crippen molar-refractivity contribution in [1.82, 2.24) is 4.98 Å². The SMILES string of the molecule is Cc1csc(CC(O)Cc2ccccc2Br)n1. The lowest BCUT2D eigenvalue weighted by Gasteiger charge is -2.10. The van der Waals surface area contributed by atoms with Crippen molar-refractivity contribution in [2.45, 2.75) is 25.9 Å². The van der Waals surface area contributed by atoms with Gasteiger partial charge in [-0.05, 0) is 25.0 Å². The molecule has 0 amide bonds. The summed E-state index contributed by atoms with van der Waals surface area (Å²) in [5.74, 6) is 0. The van der Waals surface area contributed by atoms with Crippen LogP contribution < -0.4 is 0 Å². The second-order valence-electron chi connectivity index (χ2n) is 4.04. The first-order valence-electron chi connectivity index (χ1n) is 5.47. The Labute approximate surface area is 113 Å². The van der Waals surface area contributed by atoms with E-state index in [4.69, 9.17) is 0 Å². The van der Waals surface area contributed by atoms with E-state index >= 15 is 0 Å². The summed E-state index contributed by atoms with van der Waals surface area (Å²) in [4.78, 5) is 4.36. The Kier molecular flexibility index (Phi) is 4.31. The smallest absolute Gasteiger partial charge is 0.0954 e. The summed E-state index contributed by atoms with van der Waals surface area (Å²) in [5, 5.41) is 13.1.